The summed E-state index contributed by atoms with van der Waals surface area (Å²) in [6.07, 6.45) is 11.5. The molecule has 0 amide bonds. The summed E-state index contributed by atoms with van der Waals surface area (Å²) in [5.41, 5.74) is 5.68. The van der Waals surface area contributed by atoms with Crippen LogP contribution >= 0.6 is 0 Å². The second-order valence-electron chi connectivity index (χ2n) is 11.9. The van der Waals surface area contributed by atoms with E-state index < -0.39 is 10.8 Å². The van der Waals surface area contributed by atoms with Gasteiger partial charge >= 0.3 is 0 Å². The van der Waals surface area contributed by atoms with Gasteiger partial charge in [0, 0.05) is 57.6 Å². The number of rotatable bonds is 8. The van der Waals surface area contributed by atoms with Gasteiger partial charge in [-0.1, -0.05) is 36.8 Å². The lowest BCUT2D eigenvalue weighted by atomic mass is 9.96. The van der Waals surface area contributed by atoms with Gasteiger partial charge in [-0.3, -0.25) is 19.2 Å². The quantitative estimate of drug-likeness (QED) is 0.226. The lowest BCUT2D eigenvalue weighted by Crippen LogP contribution is -2.35. The number of nitrogens with one attached hydrogen (secondary N) is 2. The van der Waals surface area contributed by atoms with Gasteiger partial charge in [-0.15, -0.1) is 0 Å². The summed E-state index contributed by atoms with van der Waals surface area (Å²) in [6, 6.07) is 21.5. The summed E-state index contributed by atoms with van der Waals surface area (Å²) in [4.78, 5) is 31.5. The first-order chi connectivity index (χ1) is 22.5. The lowest BCUT2D eigenvalue weighted by Gasteiger charge is -2.32. The van der Waals surface area contributed by atoms with Crippen LogP contribution in [-0.2, 0) is 17.3 Å². The molecule has 0 bridgehead atoms. The van der Waals surface area contributed by atoms with Gasteiger partial charge in [0.1, 0.15) is 5.65 Å². The van der Waals surface area contributed by atoms with Crippen molar-refractivity contribution in [1.29, 1.82) is 0 Å². The Morgan fingerprint density at radius 1 is 1.00 bits per heavy atom. The Morgan fingerprint density at radius 2 is 1.78 bits per heavy atom. The van der Waals surface area contributed by atoms with E-state index in [1.807, 2.05) is 48.7 Å². The van der Waals surface area contributed by atoms with Gasteiger partial charge in [-0.2, -0.15) is 4.98 Å². The van der Waals surface area contributed by atoms with E-state index in [4.69, 9.17) is 4.98 Å². The molecule has 0 aliphatic carbocycles. The molecule has 2 atom stereocenters. The van der Waals surface area contributed by atoms with Crippen LogP contribution in [0.4, 0.5) is 11.6 Å². The predicted octanol–water partition coefficient (Wildman–Crippen LogP) is 5.68. The van der Waals surface area contributed by atoms with E-state index in [0.29, 0.717) is 27.9 Å². The second kappa shape index (κ2) is 13.5. The van der Waals surface area contributed by atoms with E-state index >= 15 is 0 Å². The van der Waals surface area contributed by atoms with Gasteiger partial charge in [-0.05, 0) is 98.6 Å². The lowest BCUT2D eigenvalue weighted by molar-refractivity contribution is 0.186. The number of nitrogens with zero attached hydrogens (tertiary/aromatic N) is 5. The molecule has 5 heterocycles. The van der Waals surface area contributed by atoms with E-state index in [1.165, 1.54) is 11.1 Å². The molecule has 5 aromatic rings. The molecule has 1 saturated heterocycles. The monoisotopic (exact) mass is 631 g/mol. The van der Waals surface area contributed by atoms with Crippen molar-refractivity contribution < 1.29 is 4.21 Å². The van der Waals surface area contributed by atoms with Crippen molar-refractivity contribution in [3.8, 4) is 0 Å². The van der Waals surface area contributed by atoms with E-state index in [-0.39, 0.29) is 11.6 Å². The maximum atomic E-state index is 14.2. The van der Waals surface area contributed by atoms with E-state index in [1.54, 1.807) is 29.1 Å². The first kappa shape index (κ1) is 30.2. The van der Waals surface area contributed by atoms with Crippen LogP contribution in [0, 0.1) is 0 Å². The molecule has 0 spiro atoms. The highest BCUT2D eigenvalue weighted by atomic mass is 32.2. The summed E-state index contributed by atoms with van der Waals surface area (Å²) >= 11 is 0. The SMILES string of the molecule is CN1CCCCC1c1cc2cnc(Nc3ccc(C4=CCNCC4)cc3)nc2n(Cc2ccc(S(=O)c3ccncc3)cc2)c1=O. The van der Waals surface area contributed by atoms with Crippen molar-refractivity contribution in [2.24, 2.45) is 0 Å². The minimum absolute atomic E-state index is 0.0417. The molecular weight excluding hydrogens is 595 g/mol. The van der Waals surface area contributed by atoms with Crippen LogP contribution in [0.5, 0.6) is 0 Å². The summed E-state index contributed by atoms with van der Waals surface area (Å²) in [5, 5.41) is 7.52. The number of benzene rings is 2. The third kappa shape index (κ3) is 6.42. The highest BCUT2D eigenvalue weighted by molar-refractivity contribution is 7.85. The Kier molecular flexibility index (Phi) is 8.83. The number of likely N-dealkylation sites (tertiary alicyclic amines) is 1. The zero-order chi connectivity index (χ0) is 31.5. The Morgan fingerprint density at radius 3 is 2.52 bits per heavy atom. The van der Waals surface area contributed by atoms with E-state index in [2.05, 4.69) is 50.8 Å². The van der Waals surface area contributed by atoms with Crippen LogP contribution in [0.15, 0.2) is 106 Å². The van der Waals surface area contributed by atoms with Gasteiger partial charge in [0.25, 0.3) is 5.56 Å². The summed E-state index contributed by atoms with van der Waals surface area (Å²) < 4.78 is 14.8. The molecule has 234 valence electrons. The second-order valence-corrected chi connectivity index (χ2v) is 13.4. The van der Waals surface area contributed by atoms with Crippen molar-refractivity contribution in [3.05, 3.63) is 118 Å². The van der Waals surface area contributed by atoms with Crippen LogP contribution in [0.25, 0.3) is 16.6 Å². The van der Waals surface area contributed by atoms with Crippen molar-refractivity contribution in [1.82, 2.24) is 29.7 Å². The number of hydrogen-bond donors (Lipinski definition) is 2. The molecular formula is C36H37N7O2S. The number of aromatic nitrogens is 4. The molecule has 2 N–H and O–H groups in total. The Hall–Kier alpha value is -4.51. The van der Waals surface area contributed by atoms with E-state index in [0.717, 1.165) is 67.5 Å². The van der Waals surface area contributed by atoms with Crippen molar-refractivity contribution >= 4 is 39.0 Å². The number of fused-ring (bicyclic) bond motifs is 1. The molecule has 2 aliphatic heterocycles. The molecule has 0 radical (unpaired) electrons. The smallest absolute Gasteiger partial charge is 0.257 e. The van der Waals surface area contributed by atoms with Gasteiger partial charge < -0.3 is 10.6 Å². The zero-order valence-corrected chi connectivity index (χ0v) is 26.7. The molecule has 3 aromatic heterocycles. The highest BCUT2D eigenvalue weighted by Gasteiger charge is 2.25. The molecule has 9 nitrogen and oxygen atoms in total. The normalized spacial score (nSPS) is 17.8. The van der Waals surface area contributed by atoms with Crippen LogP contribution in [0.1, 0.15) is 48.4 Å². The average Bonchev–Trinajstić information content (AvgIpc) is 3.11. The minimum atomic E-state index is -1.31. The molecule has 1 fully saturated rings. The van der Waals surface area contributed by atoms with Gasteiger partial charge in [-0.25, -0.2) is 9.19 Å². The molecule has 2 unspecified atom stereocenters. The van der Waals surface area contributed by atoms with Crippen LogP contribution in [-0.4, -0.2) is 55.3 Å². The number of pyridine rings is 2. The molecule has 10 heteroatoms. The topological polar surface area (TPSA) is 105 Å². The largest absolute Gasteiger partial charge is 0.324 e. The van der Waals surface area contributed by atoms with Crippen molar-refractivity contribution in [2.75, 3.05) is 32.0 Å². The first-order valence-electron chi connectivity index (χ1n) is 15.8. The van der Waals surface area contributed by atoms with Crippen molar-refractivity contribution in [2.45, 2.75) is 48.1 Å². The molecule has 2 aliphatic rings. The number of piperidine rings is 1. The van der Waals surface area contributed by atoms with Gasteiger partial charge in [0.05, 0.1) is 17.3 Å². The zero-order valence-electron chi connectivity index (χ0n) is 25.9. The number of hydrogen-bond acceptors (Lipinski definition) is 8. The third-order valence-corrected chi connectivity index (χ3v) is 10.3. The van der Waals surface area contributed by atoms with Crippen LogP contribution in [0.2, 0.25) is 0 Å². The summed E-state index contributed by atoms with van der Waals surface area (Å²) in [6.45, 7) is 3.18. The number of anilines is 2. The maximum absolute atomic E-state index is 14.2. The van der Waals surface area contributed by atoms with Crippen molar-refractivity contribution in [3.63, 3.8) is 0 Å². The average molecular weight is 632 g/mol. The van der Waals surface area contributed by atoms with Gasteiger partial charge in [0.2, 0.25) is 5.95 Å². The molecule has 2 aromatic carbocycles. The van der Waals surface area contributed by atoms with E-state index in [9.17, 15) is 9.00 Å². The standard InChI is InChI=1S/C36H37N7O2S/c1-42-21-3-2-4-33(42)32-22-28-23-39-36(40-29-9-7-26(8-10-29)27-13-17-37-18-14-27)41-34(28)43(35(32)44)24-25-5-11-30(12-6-25)46(45)31-15-19-38-20-16-31/h5-13,15-16,19-20,22-23,33,37H,2-4,14,17-18,21,24H2,1H3,(H,39,40,41). The summed E-state index contributed by atoms with van der Waals surface area (Å²) in [7, 11) is 0.779. The third-order valence-electron chi connectivity index (χ3n) is 8.90. The maximum Gasteiger partial charge on any atom is 0.257 e. The first-order valence-corrected chi connectivity index (χ1v) is 17.0. The molecule has 46 heavy (non-hydrogen) atoms. The van der Waals surface area contributed by atoms with Crippen LogP contribution in [0.3, 0.4) is 0 Å². The van der Waals surface area contributed by atoms with Crippen LogP contribution < -0.4 is 16.2 Å². The predicted molar refractivity (Wildman–Crippen MR) is 183 cm³/mol. The van der Waals surface area contributed by atoms with Gasteiger partial charge in [0.15, 0.2) is 0 Å². The Balaban J connectivity index is 1.22. The molecule has 0 saturated carbocycles. The molecule has 7 rings (SSSR count). The fraction of sp³-hybridized carbons (Fsp3) is 0.278. The minimum Gasteiger partial charge on any atom is -0.324 e. The highest BCUT2D eigenvalue weighted by Crippen LogP contribution is 2.30. The summed E-state index contributed by atoms with van der Waals surface area (Å²) in [5.74, 6) is 0.431. The Bertz CT molecular complexity index is 1960. The Labute approximate surface area is 270 Å². The fourth-order valence-corrected chi connectivity index (χ4v) is 7.40. The fourth-order valence-electron chi connectivity index (χ4n) is 6.38.